The maximum atomic E-state index is 12.9. The summed E-state index contributed by atoms with van der Waals surface area (Å²) >= 11 is 0. The average Bonchev–Trinajstić information content (AvgIpc) is 2.69. The number of amides is 2. The van der Waals surface area contributed by atoms with Gasteiger partial charge in [-0.25, -0.2) is 4.39 Å². The van der Waals surface area contributed by atoms with Crippen molar-refractivity contribution in [3.63, 3.8) is 0 Å². The smallest absolute Gasteiger partial charge is 0.255 e. The lowest BCUT2D eigenvalue weighted by Crippen LogP contribution is -2.46. The normalized spacial score (nSPS) is 16.7. The lowest BCUT2D eigenvalue weighted by molar-refractivity contribution is -0.123. The van der Waals surface area contributed by atoms with Gasteiger partial charge in [-0.15, -0.1) is 0 Å². The number of hydrogen-bond acceptors (Lipinski definition) is 3. The van der Waals surface area contributed by atoms with Gasteiger partial charge in [0, 0.05) is 17.8 Å². The van der Waals surface area contributed by atoms with Gasteiger partial charge in [0.05, 0.1) is 6.04 Å². The molecule has 1 aliphatic rings. The summed E-state index contributed by atoms with van der Waals surface area (Å²) in [5.74, 6) is -0.598. The molecule has 3 rings (SSSR count). The van der Waals surface area contributed by atoms with E-state index in [0.29, 0.717) is 17.8 Å². The van der Waals surface area contributed by atoms with Crippen LogP contribution >= 0.6 is 0 Å². The van der Waals surface area contributed by atoms with E-state index in [0.717, 1.165) is 31.4 Å². The second-order valence-corrected chi connectivity index (χ2v) is 6.38. The molecule has 0 aliphatic carbocycles. The minimum Gasteiger partial charge on any atom is -0.351 e. The van der Waals surface area contributed by atoms with E-state index in [1.165, 1.54) is 24.3 Å². The van der Waals surface area contributed by atoms with Crippen LogP contribution in [0.5, 0.6) is 0 Å². The van der Waals surface area contributed by atoms with Crippen molar-refractivity contribution < 1.29 is 14.0 Å². The monoisotopic (exact) mass is 355 g/mol. The number of hydrogen-bond donors (Lipinski definition) is 3. The summed E-state index contributed by atoms with van der Waals surface area (Å²) in [6.07, 6.45) is 3.06. The van der Waals surface area contributed by atoms with Gasteiger partial charge in [-0.1, -0.05) is 18.6 Å². The van der Waals surface area contributed by atoms with Gasteiger partial charge in [0.1, 0.15) is 5.82 Å². The molecule has 26 heavy (non-hydrogen) atoms. The number of carbonyl (C=O) groups is 2. The van der Waals surface area contributed by atoms with E-state index < -0.39 is 0 Å². The summed E-state index contributed by atoms with van der Waals surface area (Å²) in [4.78, 5) is 24.3. The number of halogens is 1. The molecule has 1 atom stereocenters. The third kappa shape index (κ3) is 4.89. The molecule has 1 aliphatic heterocycles. The Morgan fingerprint density at radius 2 is 1.77 bits per heavy atom. The summed E-state index contributed by atoms with van der Waals surface area (Å²) in [5.41, 5.74) is 1.96. The molecule has 0 saturated carbocycles. The minimum absolute atomic E-state index is 0.0165. The molecular formula is C20H22FN3O2. The Labute approximate surface area is 152 Å². The van der Waals surface area contributed by atoms with E-state index in [9.17, 15) is 14.0 Å². The Kier molecular flexibility index (Phi) is 5.96. The highest BCUT2D eigenvalue weighted by atomic mass is 19.1. The summed E-state index contributed by atoms with van der Waals surface area (Å²) in [7, 11) is 0. The molecule has 1 heterocycles. The Morgan fingerprint density at radius 3 is 2.42 bits per heavy atom. The predicted octanol–water partition coefficient (Wildman–Crippen LogP) is 2.84. The van der Waals surface area contributed by atoms with Crippen LogP contribution in [0.3, 0.4) is 0 Å². The van der Waals surface area contributed by atoms with Crippen molar-refractivity contribution in [1.29, 1.82) is 0 Å². The first-order chi connectivity index (χ1) is 12.6. The molecule has 1 saturated heterocycles. The van der Waals surface area contributed by atoms with E-state index in [-0.39, 0.29) is 23.7 Å². The fourth-order valence-electron chi connectivity index (χ4n) is 2.90. The van der Waals surface area contributed by atoms with E-state index >= 15 is 0 Å². The molecule has 6 heteroatoms. The van der Waals surface area contributed by atoms with E-state index in [4.69, 9.17) is 0 Å². The van der Waals surface area contributed by atoms with Crippen molar-refractivity contribution in [3.05, 3.63) is 65.5 Å². The fraction of sp³-hybridized carbons (Fsp3) is 0.300. The van der Waals surface area contributed by atoms with Crippen molar-refractivity contribution >= 4 is 17.5 Å². The number of piperidine rings is 1. The van der Waals surface area contributed by atoms with Crippen molar-refractivity contribution in [1.82, 2.24) is 10.6 Å². The third-order valence-corrected chi connectivity index (χ3v) is 4.41. The summed E-state index contributed by atoms with van der Waals surface area (Å²) < 4.78 is 12.9. The molecule has 3 N–H and O–H groups in total. The highest BCUT2D eigenvalue weighted by molar-refractivity contribution is 6.04. The fourth-order valence-corrected chi connectivity index (χ4v) is 2.90. The van der Waals surface area contributed by atoms with Crippen LogP contribution in [0.15, 0.2) is 48.5 Å². The molecule has 1 fully saturated rings. The molecular weight excluding hydrogens is 333 g/mol. The lowest BCUT2D eigenvalue weighted by atomic mass is 10.0. The topological polar surface area (TPSA) is 70.2 Å². The van der Waals surface area contributed by atoms with Crippen molar-refractivity contribution in [2.24, 2.45) is 0 Å². The van der Waals surface area contributed by atoms with Crippen LogP contribution in [0.4, 0.5) is 10.1 Å². The summed E-state index contributed by atoms with van der Waals surface area (Å²) in [5, 5.41) is 8.86. The van der Waals surface area contributed by atoms with Gasteiger partial charge >= 0.3 is 0 Å². The highest BCUT2D eigenvalue weighted by Crippen LogP contribution is 2.12. The molecule has 5 nitrogen and oxygen atoms in total. The van der Waals surface area contributed by atoms with Crippen LogP contribution < -0.4 is 16.0 Å². The minimum atomic E-state index is -0.349. The SMILES string of the molecule is O=C(Nc1ccc(F)cc1)c1ccc(CNC(=O)C2CCCCN2)cc1. The van der Waals surface area contributed by atoms with Crippen LogP contribution in [0.2, 0.25) is 0 Å². The first-order valence-corrected chi connectivity index (χ1v) is 8.79. The van der Waals surface area contributed by atoms with Gasteiger partial charge in [-0.2, -0.15) is 0 Å². The van der Waals surface area contributed by atoms with Gasteiger partial charge in [0.15, 0.2) is 0 Å². The second-order valence-electron chi connectivity index (χ2n) is 6.38. The van der Waals surface area contributed by atoms with Crippen LogP contribution in [-0.4, -0.2) is 24.4 Å². The zero-order valence-corrected chi connectivity index (χ0v) is 14.4. The van der Waals surface area contributed by atoms with Crippen LogP contribution in [0.25, 0.3) is 0 Å². The standard InChI is InChI=1S/C20H22FN3O2/c21-16-8-10-17(11-9-16)24-19(25)15-6-4-14(5-7-15)13-23-20(26)18-3-1-2-12-22-18/h4-11,18,22H,1-3,12-13H2,(H,23,26)(H,24,25). The molecule has 2 aromatic carbocycles. The zero-order valence-electron chi connectivity index (χ0n) is 14.4. The Bertz CT molecular complexity index is 754. The third-order valence-electron chi connectivity index (χ3n) is 4.41. The number of nitrogens with one attached hydrogen (secondary N) is 3. The molecule has 0 radical (unpaired) electrons. The van der Waals surface area contributed by atoms with Gasteiger partial charge in [0.25, 0.3) is 5.91 Å². The van der Waals surface area contributed by atoms with Crippen LogP contribution in [0.1, 0.15) is 35.2 Å². The van der Waals surface area contributed by atoms with E-state index in [1.54, 1.807) is 12.1 Å². The number of benzene rings is 2. The highest BCUT2D eigenvalue weighted by Gasteiger charge is 2.19. The Morgan fingerprint density at radius 1 is 1.04 bits per heavy atom. The van der Waals surface area contributed by atoms with Crippen LogP contribution in [0, 0.1) is 5.82 Å². The van der Waals surface area contributed by atoms with Gasteiger partial charge in [-0.3, -0.25) is 9.59 Å². The molecule has 0 spiro atoms. The molecule has 0 bridgehead atoms. The maximum absolute atomic E-state index is 12.9. The Hall–Kier alpha value is -2.73. The van der Waals surface area contributed by atoms with Gasteiger partial charge in [-0.05, 0) is 61.3 Å². The quantitative estimate of drug-likeness (QED) is 0.772. The first kappa shape index (κ1) is 18.1. The molecule has 136 valence electrons. The number of anilines is 1. The van der Waals surface area contributed by atoms with Crippen molar-refractivity contribution in [2.75, 3.05) is 11.9 Å². The van der Waals surface area contributed by atoms with Crippen LogP contribution in [-0.2, 0) is 11.3 Å². The van der Waals surface area contributed by atoms with Crippen molar-refractivity contribution in [3.8, 4) is 0 Å². The van der Waals surface area contributed by atoms with Crippen molar-refractivity contribution in [2.45, 2.75) is 31.8 Å². The Balaban J connectivity index is 1.51. The lowest BCUT2D eigenvalue weighted by Gasteiger charge is -2.22. The van der Waals surface area contributed by atoms with E-state index in [2.05, 4.69) is 16.0 Å². The molecule has 0 aromatic heterocycles. The number of rotatable bonds is 5. The predicted molar refractivity (Wildman–Crippen MR) is 98.3 cm³/mol. The summed E-state index contributed by atoms with van der Waals surface area (Å²) in [6.45, 7) is 1.31. The summed E-state index contributed by atoms with van der Waals surface area (Å²) in [6, 6.07) is 12.5. The molecule has 2 amide bonds. The molecule has 2 aromatic rings. The number of carbonyl (C=O) groups excluding carboxylic acids is 2. The maximum Gasteiger partial charge on any atom is 0.255 e. The van der Waals surface area contributed by atoms with Gasteiger partial charge in [0.2, 0.25) is 5.91 Å². The van der Waals surface area contributed by atoms with E-state index in [1.807, 2.05) is 12.1 Å². The largest absolute Gasteiger partial charge is 0.351 e. The molecule has 1 unspecified atom stereocenters. The first-order valence-electron chi connectivity index (χ1n) is 8.79. The average molecular weight is 355 g/mol. The van der Waals surface area contributed by atoms with Gasteiger partial charge < -0.3 is 16.0 Å². The zero-order chi connectivity index (χ0) is 18.4. The second kappa shape index (κ2) is 8.58.